The third kappa shape index (κ3) is 7.72. The molecule has 1 heterocycles. The molecule has 30 heavy (non-hydrogen) atoms. The number of carbonyl (C=O) groups excluding carboxylic acids is 1. The number of carbonyl (C=O) groups is 1. The van der Waals surface area contributed by atoms with Gasteiger partial charge in [0.15, 0.2) is 5.96 Å². The average Bonchev–Trinajstić information content (AvgIpc) is 3.42. The molecule has 7 heteroatoms. The predicted molar refractivity (Wildman–Crippen MR) is 132 cm³/mol. The lowest BCUT2D eigenvalue weighted by molar-refractivity contribution is -0.127. The van der Waals surface area contributed by atoms with Gasteiger partial charge in [-0.15, -0.1) is 24.0 Å². The largest absolute Gasteiger partial charge is 0.382 e. The summed E-state index contributed by atoms with van der Waals surface area (Å²) in [6.07, 6.45) is 5.17. The van der Waals surface area contributed by atoms with E-state index in [9.17, 15) is 4.79 Å². The summed E-state index contributed by atoms with van der Waals surface area (Å²) in [6, 6.07) is 10.4. The molecule has 2 N–H and O–H groups in total. The Balaban J connectivity index is 0.00000320. The molecule has 1 atom stereocenters. The van der Waals surface area contributed by atoms with Crippen molar-refractivity contribution >= 4 is 35.8 Å². The van der Waals surface area contributed by atoms with Crippen LogP contribution in [0.2, 0.25) is 0 Å². The molecule has 6 nitrogen and oxygen atoms in total. The van der Waals surface area contributed by atoms with Gasteiger partial charge in [0, 0.05) is 58.8 Å². The number of hydrogen-bond acceptors (Lipinski definition) is 3. The summed E-state index contributed by atoms with van der Waals surface area (Å²) >= 11 is 0. The summed E-state index contributed by atoms with van der Waals surface area (Å²) in [7, 11) is 1.81. The van der Waals surface area contributed by atoms with Gasteiger partial charge in [-0.3, -0.25) is 9.79 Å². The van der Waals surface area contributed by atoms with E-state index in [1.807, 2.05) is 17.9 Å². The average molecular weight is 528 g/mol. The van der Waals surface area contributed by atoms with Crippen LogP contribution in [0.4, 0.5) is 0 Å². The third-order valence-electron chi connectivity index (χ3n) is 6.16. The maximum absolute atomic E-state index is 12.4. The van der Waals surface area contributed by atoms with Crippen LogP contribution in [0.25, 0.3) is 0 Å². The quantitative estimate of drug-likeness (QED) is 0.201. The van der Waals surface area contributed by atoms with E-state index in [-0.39, 0.29) is 29.9 Å². The number of halogens is 1. The Morgan fingerprint density at radius 3 is 2.70 bits per heavy atom. The topological polar surface area (TPSA) is 66.0 Å². The van der Waals surface area contributed by atoms with E-state index in [0.717, 1.165) is 58.2 Å². The van der Waals surface area contributed by atoms with E-state index in [2.05, 4.69) is 39.9 Å². The molecule has 2 aliphatic rings. The highest BCUT2D eigenvalue weighted by molar-refractivity contribution is 14.0. The molecule has 3 rings (SSSR count). The van der Waals surface area contributed by atoms with Crippen molar-refractivity contribution < 1.29 is 9.53 Å². The lowest BCUT2D eigenvalue weighted by Crippen LogP contribution is -2.42. The van der Waals surface area contributed by atoms with Crippen LogP contribution < -0.4 is 10.6 Å². The second kappa shape index (κ2) is 12.5. The van der Waals surface area contributed by atoms with Crippen LogP contribution in [0.1, 0.15) is 38.2 Å². The Morgan fingerprint density at radius 2 is 2.03 bits per heavy atom. The van der Waals surface area contributed by atoms with Gasteiger partial charge in [-0.1, -0.05) is 30.3 Å². The van der Waals surface area contributed by atoms with Crippen molar-refractivity contribution in [2.24, 2.45) is 16.3 Å². The first kappa shape index (κ1) is 24.9. The monoisotopic (exact) mass is 528 g/mol. The Kier molecular flexibility index (Phi) is 10.4. The van der Waals surface area contributed by atoms with Gasteiger partial charge in [-0.05, 0) is 43.6 Å². The minimum absolute atomic E-state index is 0. The van der Waals surface area contributed by atoms with Gasteiger partial charge in [0.25, 0.3) is 0 Å². The zero-order valence-corrected chi connectivity index (χ0v) is 20.7. The summed E-state index contributed by atoms with van der Waals surface area (Å²) in [5.74, 6) is 1.44. The van der Waals surface area contributed by atoms with Gasteiger partial charge in [0.05, 0.1) is 0 Å². The summed E-state index contributed by atoms with van der Waals surface area (Å²) in [4.78, 5) is 18.7. The van der Waals surface area contributed by atoms with Crippen molar-refractivity contribution in [1.82, 2.24) is 15.5 Å². The maximum Gasteiger partial charge on any atom is 0.223 e. The zero-order chi connectivity index (χ0) is 20.5. The molecular weight excluding hydrogens is 491 g/mol. The molecule has 1 saturated carbocycles. The normalized spacial score (nSPS) is 20.1. The minimum atomic E-state index is 0. The number of amides is 1. The summed E-state index contributed by atoms with van der Waals surface area (Å²) in [6.45, 7) is 7.01. The number of hydrogen-bond donors (Lipinski definition) is 2. The van der Waals surface area contributed by atoms with E-state index in [1.165, 1.54) is 18.4 Å². The second-order valence-corrected chi connectivity index (χ2v) is 8.40. The van der Waals surface area contributed by atoms with Crippen LogP contribution in [-0.2, 0) is 16.0 Å². The van der Waals surface area contributed by atoms with E-state index in [4.69, 9.17) is 4.74 Å². The standard InChI is InChI=1S/C23H36N4O2.HI/c1-3-29-14-12-23(10-11-23)18-26-22(24-2)25-16-20-15-21(28)27(17-20)13-9-19-7-5-4-6-8-19;/h4-8,20H,3,9-18H2,1-2H3,(H2,24,25,26);1H. The summed E-state index contributed by atoms with van der Waals surface area (Å²) < 4.78 is 5.52. The number of ether oxygens (including phenoxy) is 1. The van der Waals surface area contributed by atoms with Crippen molar-refractivity contribution in [2.75, 3.05) is 46.4 Å². The molecular formula is C23H37IN4O2. The van der Waals surface area contributed by atoms with Gasteiger partial charge < -0.3 is 20.3 Å². The molecule has 0 spiro atoms. The highest BCUT2D eigenvalue weighted by Gasteiger charge is 2.42. The van der Waals surface area contributed by atoms with Gasteiger partial charge in [-0.25, -0.2) is 0 Å². The maximum atomic E-state index is 12.4. The lowest BCUT2D eigenvalue weighted by Gasteiger charge is -2.20. The molecule has 1 saturated heterocycles. The summed E-state index contributed by atoms with van der Waals surface area (Å²) in [5.41, 5.74) is 1.66. The van der Waals surface area contributed by atoms with Crippen LogP contribution in [0, 0.1) is 11.3 Å². The Bertz CT molecular complexity index is 679. The second-order valence-electron chi connectivity index (χ2n) is 8.40. The number of nitrogens with zero attached hydrogens (tertiary/aromatic N) is 2. The van der Waals surface area contributed by atoms with Crippen LogP contribution in [-0.4, -0.2) is 63.2 Å². The number of benzene rings is 1. The molecule has 0 bridgehead atoms. The number of likely N-dealkylation sites (tertiary alicyclic amines) is 1. The Hall–Kier alpha value is -1.35. The minimum Gasteiger partial charge on any atom is -0.382 e. The van der Waals surface area contributed by atoms with Crippen molar-refractivity contribution in [1.29, 1.82) is 0 Å². The molecule has 0 radical (unpaired) electrons. The van der Waals surface area contributed by atoms with E-state index in [1.54, 1.807) is 7.05 Å². The Morgan fingerprint density at radius 1 is 1.27 bits per heavy atom. The first-order chi connectivity index (χ1) is 14.1. The Labute approximate surface area is 198 Å². The van der Waals surface area contributed by atoms with E-state index in [0.29, 0.717) is 17.8 Å². The molecule has 1 aromatic carbocycles. The molecule has 1 aliphatic heterocycles. The molecule has 1 aromatic rings. The first-order valence-electron chi connectivity index (χ1n) is 11.0. The van der Waals surface area contributed by atoms with Crippen LogP contribution in [0.5, 0.6) is 0 Å². The van der Waals surface area contributed by atoms with Crippen LogP contribution in [0.15, 0.2) is 35.3 Å². The van der Waals surface area contributed by atoms with Gasteiger partial charge in [-0.2, -0.15) is 0 Å². The number of aliphatic imine (C=N–C) groups is 1. The van der Waals surface area contributed by atoms with Gasteiger partial charge in [0.1, 0.15) is 0 Å². The molecule has 2 fully saturated rings. The van der Waals surface area contributed by atoms with Gasteiger partial charge >= 0.3 is 0 Å². The van der Waals surface area contributed by atoms with Crippen LogP contribution in [0.3, 0.4) is 0 Å². The van der Waals surface area contributed by atoms with Crippen molar-refractivity contribution in [3.63, 3.8) is 0 Å². The summed E-state index contributed by atoms with van der Waals surface area (Å²) in [5, 5.41) is 6.90. The predicted octanol–water partition coefficient (Wildman–Crippen LogP) is 3.07. The zero-order valence-electron chi connectivity index (χ0n) is 18.4. The van der Waals surface area contributed by atoms with E-state index >= 15 is 0 Å². The SMILES string of the molecule is CCOCCC1(CNC(=NC)NCC2CC(=O)N(CCc3ccccc3)C2)CC1.I. The molecule has 0 aromatic heterocycles. The number of rotatable bonds is 11. The lowest BCUT2D eigenvalue weighted by atomic mass is 10.0. The molecule has 168 valence electrons. The van der Waals surface area contributed by atoms with Crippen LogP contribution >= 0.6 is 24.0 Å². The fraction of sp³-hybridized carbons (Fsp3) is 0.652. The molecule has 1 unspecified atom stereocenters. The molecule has 1 aliphatic carbocycles. The van der Waals surface area contributed by atoms with E-state index < -0.39 is 0 Å². The molecule has 1 amide bonds. The number of guanidine groups is 1. The first-order valence-corrected chi connectivity index (χ1v) is 11.0. The number of nitrogens with one attached hydrogen (secondary N) is 2. The fourth-order valence-electron chi connectivity index (χ4n) is 3.97. The smallest absolute Gasteiger partial charge is 0.223 e. The van der Waals surface area contributed by atoms with Crippen molar-refractivity contribution in [3.8, 4) is 0 Å². The van der Waals surface area contributed by atoms with Gasteiger partial charge in [0.2, 0.25) is 5.91 Å². The van der Waals surface area contributed by atoms with Crippen molar-refractivity contribution in [2.45, 2.75) is 39.0 Å². The highest BCUT2D eigenvalue weighted by Crippen LogP contribution is 2.48. The fourth-order valence-corrected chi connectivity index (χ4v) is 3.97. The highest BCUT2D eigenvalue weighted by atomic mass is 127. The van der Waals surface area contributed by atoms with Crippen molar-refractivity contribution in [3.05, 3.63) is 35.9 Å². The third-order valence-corrected chi connectivity index (χ3v) is 6.16.